The van der Waals surface area contributed by atoms with Gasteiger partial charge in [0.05, 0.1) is 5.02 Å². The first-order valence-corrected chi connectivity index (χ1v) is 9.09. The molecule has 1 amide bonds. The lowest BCUT2D eigenvalue weighted by Crippen LogP contribution is -2.47. The van der Waals surface area contributed by atoms with Gasteiger partial charge in [-0.25, -0.2) is 18.2 Å². The zero-order valence-corrected chi connectivity index (χ0v) is 16.1. The minimum Gasteiger partial charge on any atom is -0.385 e. The average molecular weight is 427 g/mol. The standard InChI is InChI=1S/C19H18ClF3N4O2/c1-2-18(19(22,23)10-29-9-15(24)27-18)12-8-11(5-6-14(12)21)26-17(28)16-13(20)4-3-7-25-16/h3-8H,2,9-10H2,1H3,(H2,24,27)(H,26,28)/t18-/m1/s1. The lowest BCUT2D eigenvalue weighted by atomic mass is 9.81. The van der Waals surface area contributed by atoms with E-state index < -0.39 is 35.4 Å². The van der Waals surface area contributed by atoms with Gasteiger partial charge in [-0.1, -0.05) is 18.5 Å². The number of carbonyl (C=O) groups is 1. The Balaban J connectivity index is 2.05. The van der Waals surface area contributed by atoms with E-state index in [1.54, 1.807) is 6.07 Å². The minimum absolute atomic E-state index is 0.0549. The number of pyridine rings is 1. The van der Waals surface area contributed by atoms with Gasteiger partial charge in [-0.3, -0.25) is 9.79 Å². The molecule has 1 atom stereocenters. The average Bonchev–Trinajstić information content (AvgIpc) is 2.79. The van der Waals surface area contributed by atoms with E-state index in [-0.39, 0.29) is 35.3 Å². The number of ether oxygens (including phenoxy) is 1. The number of nitrogens with one attached hydrogen (secondary N) is 1. The van der Waals surface area contributed by atoms with Crippen molar-refractivity contribution in [3.8, 4) is 0 Å². The molecule has 0 bridgehead atoms. The van der Waals surface area contributed by atoms with Gasteiger partial charge < -0.3 is 15.8 Å². The fourth-order valence-electron chi connectivity index (χ4n) is 3.21. The molecule has 1 aromatic carbocycles. The Hall–Kier alpha value is -2.65. The number of hydrogen-bond acceptors (Lipinski definition) is 5. The first-order chi connectivity index (χ1) is 13.7. The second-order valence-corrected chi connectivity index (χ2v) is 6.90. The molecule has 1 aliphatic rings. The van der Waals surface area contributed by atoms with E-state index in [4.69, 9.17) is 22.1 Å². The van der Waals surface area contributed by atoms with E-state index >= 15 is 0 Å². The summed E-state index contributed by atoms with van der Waals surface area (Å²) in [5.41, 5.74) is 3.03. The van der Waals surface area contributed by atoms with E-state index in [1.165, 1.54) is 25.3 Å². The maximum absolute atomic E-state index is 15.0. The molecule has 2 aromatic rings. The first-order valence-electron chi connectivity index (χ1n) is 8.72. The third-order valence-electron chi connectivity index (χ3n) is 4.63. The molecule has 6 nitrogen and oxygen atoms in total. The highest BCUT2D eigenvalue weighted by molar-refractivity contribution is 6.34. The van der Waals surface area contributed by atoms with Gasteiger partial charge in [-0.2, -0.15) is 0 Å². The van der Waals surface area contributed by atoms with Crippen LogP contribution in [0.15, 0.2) is 41.5 Å². The van der Waals surface area contributed by atoms with E-state index in [0.29, 0.717) is 0 Å². The molecular formula is C19H18ClF3N4O2. The van der Waals surface area contributed by atoms with Gasteiger partial charge in [0.15, 0.2) is 5.54 Å². The van der Waals surface area contributed by atoms with Crippen LogP contribution in [0.5, 0.6) is 0 Å². The first kappa shape index (κ1) is 21.1. The number of anilines is 1. The quantitative estimate of drug-likeness (QED) is 0.779. The van der Waals surface area contributed by atoms with Crippen LogP contribution in [-0.2, 0) is 10.3 Å². The van der Waals surface area contributed by atoms with Crippen LogP contribution in [0.4, 0.5) is 18.9 Å². The summed E-state index contributed by atoms with van der Waals surface area (Å²) >= 11 is 5.95. The van der Waals surface area contributed by atoms with Crippen LogP contribution in [0.1, 0.15) is 29.4 Å². The number of carbonyl (C=O) groups excluding carboxylic acids is 1. The summed E-state index contributed by atoms with van der Waals surface area (Å²) in [6, 6.07) is 6.38. The van der Waals surface area contributed by atoms with Crippen molar-refractivity contribution >= 4 is 29.0 Å². The van der Waals surface area contributed by atoms with E-state index in [2.05, 4.69) is 15.3 Å². The number of amidine groups is 1. The monoisotopic (exact) mass is 426 g/mol. The number of halogens is 4. The molecule has 3 rings (SSSR count). The van der Waals surface area contributed by atoms with Crippen molar-refractivity contribution < 1.29 is 22.7 Å². The van der Waals surface area contributed by atoms with Crippen molar-refractivity contribution in [2.45, 2.75) is 24.8 Å². The van der Waals surface area contributed by atoms with Crippen LogP contribution in [0, 0.1) is 5.82 Å². The minimum atomic E-state index is -3.53. The third kappa shape index (κ3) is 3.92. The summed E-state index contributed by atoms with van der Waals surface area (Å²) in [7, 11) is 0. The molecule has 1 aromatic heterocycles. The van der Waals surface area contributed by atoms with Gasteiger partial charge in [-0.05, 0) is 36.8 Å². The maximum Gasteiger partial charge on any atom is 0.299 e. The van der Waals surface area contributed by atoms with E-state index in [1.807, 2.05) is 0 Å². The number of hydrogen-bond donors (Lipinski definition) is 2. The van der Waals surface area contributed by atoms with Crippen molar-refractivity contribution in [3.63, 3.8) is 0 Å². The highest BCUT2D eigenvalue weighted by Crippen LogP contribution is 2.46. The Kier molecular flexibility index (Phi) is 5.81. The molecule has 0 fully saturated rings. The molecule has 3 N–H and O–H groups in total. The summed E-state index contributed by atoms with van der Waals surface area (Å²) in [6.45, 7) is 0.201. The summed E-state index contributed by atoms with van der Waals surface area (Å²) in [6.07, 6.45) is 1.14. The van der Waals surface area contributed by atoms with E-state index in [9.17, 15) is 18.0 Å². The number of rotatable bonds is 4. The molecule has 29 heavy (non-hydrogen) atoms. The number of benzene rings is 1. The Morgan fingerprint density at radius 3 is 2.83 bits per heavy atom. The Labute approximate surface area is 169 Å². The van der Waals surface area contributed by atoms with Crippen LogP contribution in [0.2, 0.25) is 5.02 Å². The van der Waals surface area contributed by atoms with E-state index in [0.717, 1.165) is 12.1 Å². The van der Waals surface area contributed by atoms with Gasteiger partial charge in [-0.15, -0.1) is 0 Å². The molecular weight excluding hydrogens is 409 g/mol. The van der Waals surface area contributed by atoms with Crippen LogP contribution >= 0.6 is 11.6 Å². The molecule has 2 heterocycles. The maximum atomic E-state index is 15.0. The van der Waals surface area contributed by atoms with Gasteiger partial charge in [0.25, 0.3) is 11.8 Å². The van der Waals surface area contributed by atoms with Gasteiger partial charge in [0.2, 0.25) is 0 Å². The van der Waals surface area contributed by atoms with Crippen molar-refractivity contribution in [2.75, 3.05) is 18.5 Å². The predicted octanol–water partition coefficient (Wildman–Crippen LogP) is 3.75. The molecule has 10 heteroatoms. The van der Waals surface area contributed by atoms with Crippen molar-refractivity contribution in [3.05, 3.63) is 58.6 Å². The Morgan fingerprint density at radius 2 is 2.14 bits per heavy atom. The molecule has 154 valence electrons. The highest BCUT2D eigenvalue weighted by atomic mass is 35.5. The molecule has 0 radical (unpaired) electrons. The fourth-order valence-corrected chi connectivity index (χ4v) is 3.42. The normalized spacial score (nSPS) is 21.2. The summed E-state index contributed by atoms with van der Waals surface area (Å²) in [4.78, 5) is 20.2. The molecule has 1 aliphatic heterocycles. The Bertz CT molecular complexity index is 970. The van der Waals surface area contributed by atoms with Crippen LogP contribution < -0.4 is 11.1 Å². The van der Waals surface area contributed by atoms with Crippen LogP contribution in [0.25, 0.3) is 0 Å². The largest absolute Gasteiger partial charge is 0.385 e. The second kappa shape index (κ2) is 8.00. The summed E-state index contributed by atoms with van der Waals surface area (Å²) < 4.78 is 49.5. The summed E-state index contributed by atoms with van der Waals surface area (Å²) in [5.74, 6) is -5.27. The fraction of sp³-hybridized carbons (Fsp3) is 0.316. The SMILES string of the molecule is CC[C@]1(c2cc(NC(=O)c3ncccc3Cl)ccc2F)N=C(N)COCC1(F)F. The molecule has 0 spiro atoms. The highest BCUT2D eigenvalue weighted by Gasteiger charge is 2.56. The number of nitrogens with two attached hydrogens (primary N) is 1. The number of aromatic nitrogens is 1. The Morgan fingerprint density at radius 1 is 1.38 bits per heavy atom. The second-order valence-electron chi connectivity index (χ2n) is 6.50. The topological polar surface area (TPSA) is 89.6 Å². The number of aliphatic imine (C=N–C) groups is 1. The summed E-state index contributed by atoms with van der Waals surface area (Å²) in [5, 5.41) is 2.61. The van der Waals surface area contributed by atoms with Crippen LogP contribution in [-0.4, -0.2) is 35.9 Å². The third-order valence-corrected chi connectivity index (χ3v) is 4.93. The van der Waals surface area contributed by atoms with Crippen LogP contribution in [0.3, 0.4) is 0 Å². The van der Waals surface area contributed by atoms with Gasteiger partial charge >= 0.3 is 0 Å². The van der Waals surface area contributed by atoms with Crippen molar-refractivity contribution in [1.82, 2.24) is 4.98 Å². The van der Waals surface area contributed by atoms with Gasteiger partial charge in [0.1, 0.15) is 30.6 Å². The zero-order valence-electron chi connectivity index (χ0n) is 15.4. The van der Waals surface area contributed by atoms with Gasteiger partial charge in [0, 0.05) is 17.4 Å². The lowest BCUT2D eigenvalue weighted by Gasteiger charge is -2.36. The number of amides is 1. The van der Waals surface area contributed by atoms with Crippen molar-refractivity contribution in [2.24, 2.45) is 10.7 Å². The van der Waals surface area contributed by atoms with Crippen molar-refractivity contribution in [1.29, 1.82) is 0 Å². The smallest absolute Gasteiger partial charge is 0.299 e. The number of nitrogens with zero attached hydrogens (tertiary/aromatic N) is 2. The molecule has 0 aliphatic carbocycles. The molecule has 0 saturated carbocycles. The lowest BCUT2D eigenvalue weighted by molar-refractivity contribution is -0.123. The molecule has 0 unspecified atom stereocenters. The molecule has 0 saturated heterocycles. The number of alkyl halides is 2. The predicted molar refractivity (Wildman–Crippen MR) is 103 cm³/mol. The zero-order chi connectivity index (χ0) is 21.2.